The van der Waals surface area contributed by atoms with Crippen LogP contribution in [0.3, 0.4) is 0 Å². The third-order valence-electron chi connectivity index (χ3n) is 4.92. The number of rotatable bonds is 7. The van der Waals surface area contributed by atoms with Crippen LogP contribution in [-0.2, 0) is 4.74 Å². The van der Waals surface area contributed by atoms with E-state index in [-0.39, 0.29) is 11.7 Å². The second-order valence-corrected chi connectivity index (χ2v) is 6.90. The molecule has 0 bridgehead atoms. The van der Waals surface area contributed by atoms with Crippen molar-refractivity contribution in [1.82, 2.24) is 10.2 Å². The smallest absolute Gasteiger partial charge is 0.251 e. The molecule has 6 heteroatoms. The number of carbonyl (C=O) groups excluding carboxylic acids is 1. The number of carbonyl (C=O) groups is 1. The lowest BCUT2D eigenvalue weighted by atomic mass is 10.0. The van der Waals surface area contributed by atoms with Crippen LogP contribution in [0.4, 0.5) is 4.39 Å². The zero-order chi connectivity index (χ0) is 19.2. The number of amides is 1. The highest BCUT2D eigenvalue weighted by Crippen LogP contribution is 2.26. The van der Waals surface area contributed by atoms with Gasteiger partial charge in [0.2, 0.25) is 0 Å². The standard InChI is InChI=1S/C21H25FN2O3/c1-27-10-9-24-8-7-15(14-24)13-23-21(26)17-4-2-3-16(11-17)19-6-5-18(25)12-20(19)22/h2-6,11-12,15,25H,7-10,13-14H2,1H3,(H,23,26). The second kappa shape index (κ2) is 8.97. The van der Waals surface area contributed by atoms with Crippen LogP contribution in [0.1, 0.15) is 16.8 Å². The van der Waals surface area contributed by atoms with E-state index in [1.54, 1.807) is 31.4 Å². The molecule has 1 heterocycles. The Labute approximate surface area is 158 Å². The Balaban J connectivity index is 1.59. The van der Waals surface area contributed by atoms with Crippen molar-refractivity contribution in [2.45, 2.75) is 6.42 Å². The van der Waals surface area contributed by atoms with Gasteiger partial charge in [0, 0.05) is 43.9 Å². The molecule has 0 aromatic heterocycles. The number of hydrogen-bond acceptors (Lipinski definition) is 4. The summed E-state index contributed by atoms with van der Waals surface area (Å²) in [4.78, 5) is 14.8. The van der Waals surface area contributed by atoms with Crippen LogP contribution in [0, 0.1) is 11.7 Å². The van der Waals surface area contributed by atoms with E-state index in [4.69, 9.17) is 4.74 Å². The molecule has 3 rings (SSSR count). The van der Waals surface area contributed by atoms with Gasteiger partial charge in [-0.15, -0.1) is 0 Å². The van der Waals surface area contributed by atoms with Crippen LogP contribution >= 0.6 is 0 Å². The van der Waals surface area contributed by atoms with E-state index in [0.29, 0.717) is 29.2 Å². The summed E-state index contributed by atoms with van der Waals surface area (Å²) in [6.07, 6.45) is 1.06. The SMILES string of the molecule is COCCN1CCC(CNC(=O)c2cccc(-c3ccc(O)cc3F)c2)C1. The van der Waals surface area contributed by atoms with Crippen molar-refractivity contribution in [2.24, 2.45) is 5.92 Å². The number of ether oxygens (including phenoxy) is 1. The van der Waals surface area contributed by atoms with Gasteiger partial charge < -0.3 is 20.1 Å². The molecule has 0 spiro atoms. The Hall–Kier alpha value is -2.44. The van der Waals surface area contributed by atoms with Crippen molar-refractivity contribution in [1.29, 1.82) is 0 Å². The van der Waals surface area contributed by atoms with Gasteiger partial charge in [0.1, 0.15) is 11.6 Å². The Kier molecular flexibility index (Phi) is 6.42. The summed E-state index contributed by atoms with van der Waals surface area (Å²) < 4.78 is 19.2. The topological polar surface area (TPSA) is 61.8 Å². The van der Waals surface area contributed by atoms with Crippen molar-refractivity contribution in [3.05, 3.63) is 53.8 Å². The molecule has 1 unspecified atom stereocenters. The van der Waals surface area contributed by atoms with Crippen molar-refractivity contribution >= 4 is 5.91 Å². The highest BCUT2D eigenvalue weighted by atomic mass is 19.1. The number of benzene rings is 2. The number of nitrogens with zero attached hydrogens (tertiary/aromatic N) is 1. The van der Waals surface area contributed by atoms with Crippen molar-refractivity contribution in [2.75, 3.05) is 39.9 Å². The monoisotopic (exact) mass is 372 g/mol. The molecule has 1 atom stereocenters. The fraction of sp³-hybridized carbons (Fsp3) is 0.381. The van der Waals surface area contributed by atoms with Gasteiger partial charge in [0.05, 0.1) is 6.61 Å². The van der Waals surface area contributed by atoms with Crippen LogP contribution in [0.5, 0.6) is 5.75 Å². The van der Waals surface area contributed by atoms with Crippen molar-refractivity contribution < 1.29 is 19.0 Å². The number of aromatic hydroxyl groups is 1. The first-order chi connectivity index (χ1) is 13.1. The lowest BCUT2D eigenvalue weighted by Crippen LogP contribution is -2.31. The predicted molar refractivity (Wildman–Crippen MR) is 102 cm³/mol. The van der Waals surface area contributed by atoms with Gasteiger partial charge in [-0.25, -0.2) is 4.39 Å². The molecule has 1 fully saturated rings. The quantitative estimate of drug-likeness (QED) is 0.785. The summed E-state index contributed by atoms with van der Waals surface area (Å²) in [6, 6.07) is 10.9. The largest absolute Gasteiger partial charge is 0.508 e. The van der Waals surface area contributed by atoms with E-state index < -0.39 is 5.82 Å². The third kappa shape index (κ3) is 5.05. The van der Waals surface area contributed by atoms with Crippen LogP contribution in [-0.4, -0.2) is 55.8 Å². The Morgan fingerprint density at radius 1 is 1.33 bits per heavy atom. The van der Waals surface area contributed by atoms with Crippen LogP contribution in [0.2, 0.25) is 0 Å². The summed E-state index contributed by atoms with van der Waals surface area (Å²) in [5.41, 5.74) is 1.45. The lowest BCUT2D eigenvalue weighted by Gasteiger charge is -2.15. The summed E-state index contributed by atoms with van der Waals surface area (Å²) in [5.74, 6) is -0.370. The zero-order valence-corrected chi connectivity index (χ0v) is 15.5. The summed E-state index contributed by atoms with van der Waals surface area (Å²) >= 11 is 0. The molecule has 2 aromatic rings. The number of hydrogen-bond donors (Lipinski definition) is 2. The number of methoxy groups -OCH3 is 1. The normalized spacial score (nSPS) is 17.2. The van der Waals surface area contributed by atoms with E-state index in [1.807, 2.05) is 0 Å². The van der Waals surface area contributed by atoms with Crippen LogP contribution in [0.25, 0.3) is 11.1 Å². The van der Waals surface area contributed by atoms with Gasteiger partial charge in [-0.05, 0) is 48.7 Å². The van der Waals surface area contributed by atoms with Gasteiger partial charge in [0.25, 0.3) is 5.91 Å². The average Bonchev–Trinajstić information content (AvgIpc) is 3.12. The third-order valence-corrected chi connectivity index (χ3v) is 4.92. The van der Waals surface area contributed by atoms with Crippen LogP contribution < -0.4 is 5.32 Å². The maximum atomic E-state index is 14.1. The molecule has 27 heavy (non-hydrogen) atoms. The number of likely N-dealkylation sites (tertiary alicyclic amines) is 1. The minimum absolute atomic E-state index is 0.124. The fourth-order valence-electron chi connectivity index (χ4n) is 3.41. The van der Waals surface area contributed by atoms with Gasteiger partial charge in [-0.3, -0.25) is 4.79 Å². The highest BCUT2D eigenvalue weighted by Gasteiger charge is 2.22. The molecule has 2 aromatic carbocycles. The Morgan fingerprint density at radius 2 is 2.19 bits per heavy atom. The average molecular weight is 372 g/mol. The van der Waals surface area contributed by atoms with E-state index in [0.717, 1.165) is 38.7 Å². The number of phenolic OH excluding ortho intramolecular Hbond substituents is 1. The Bertz CT molecular complexity index is 797. The second-order valence-electron chi connectivity index (χ2n) is 6.90. The van der Waals surface area contributed by atoms with E-state index in [9.17, 15) is 14.3 Å². The van der Waals surface area contributed by atoms with Gasteiger partial charge in [0.15, 0.2) is 0 Å². The molecule has 1 saturated heterocycles. The highest BCUT2D eigenvalue weighted by molar-refractivity contribution is 5.95. The molecule has 2 N–H and O–H groups in total. The zero-order valence-electron chi connectivity index (χ0n) is 15.5. The molecule has 0 aliphatic carbocycles. The molecule has 5 nitrogen and oxygen atoms in total. The molecular weight excluding hydrogens is 347 g/mol. The molecule has 1 amide bonds. The number of phenols is 1. The van der Waals surface area contributed by atoms with E-state index >= 15 is 0 Å². The first kappa shape index (κ1) is 19.3. The summed E-state index contributed by atoms with van der Waals surface area (Å²) in [7, 11) is 1.70. The van der Waals surface area contributed by atoms with Gasteiger partial charge >= 0.3 is 0 Å². The predicted octanol–water partition coefficient (Wildman–Crippen LogP) is 2.90. The molecule has 0 saturated carbocycles. The number of halogens is 1. The summed E-state index contributed by atoms with van der Waals surface area (Å²) in [6.45, 7) is 4.25. The van der Waals surface area contributed by atoms with E-state index in [1.165, 1.54) is 12.1 Å². The molecule has 1 aliphatic rings. The first-order valence-corrected chi connectivity index (χ1v) is 9.15. The molecular formula is C21H25FN2O3. The molecule has 0 radical (unpaired) electrons. The maximum absolute atomic E-state index is 14.1. The maximum Gasteiger partial charge on any atom is 0.251 e. The van der Waals surface area contributed by atoms with Gasteiger partial charge in [-0.1, -0.05) is 12.1 Å². The Morgan fingerprint density at radius 3 is 2.96 bits per heavy atom. The fourth-order valence-corrected chi connectivity index (χ4v) is 3.41. The minimum atomic E-state index is -0.519. The van der Waals surface area contributed by atoms with Gasteiger partial charge in [-0.2, -0.15) is 0 Å². The van der Waals surface area contributed by atoms with Crippen LogP contribution in [0.15, 0.2) is 42.5 Å². The van der Waals surface area contributed by atoms with Crippen molar-refractivity contribution in [3.63, 3.8) is 0 Å². The lowest BCUT2D eigenvalue weighted by molar-refractivity contribution is 0.0946. The van der Waals surface area contributed by atoms with E-state index in [2.05, 4.69) is 10.2 Å². The molecule has 144 valence electrons. The first-order valence-electron chi connectivity index (χ1n) is 9.15. The number of nitrogens with one attached hydrogen (secondary N) is 1. The summed E-state index contributed by atoms with van der Waals surface area (Å²) in [5, 5.41) is 12.3. The van der Waals surface area contributed by atoms with Crippen molar-refractivity contribution in [3.8, 4) is 16.9 Å². The molecule has 1 aliphatic heterocycles. The minimum Gasteiger partial charge on any atom is -0.508 e.